The number of benzene rings is 2. The summed E-state index contributed by atoms with van der Waals surface area (Å²) in [6.45, 7) is 2.92. The number of fused-ring (bicyclic) bond motifs is 3. The van der Waals surface area contributed by atoms with Crippen molar-refractivity contribution >= 4 is 5.69 Å². The third-order valence-electron chi connectivity index (χ3n) is 4.62. The maximum absolute atomic E-state index is 9.76. The summed E-state index contributed by atoms with van der Waals surface area (Å²) >= 11 is 0. The maximum atomic E-state index is 9.76. The molecule has 0 saturated carbocycles. The van der Waals surface area contributed by atoms with Gasteiger partial charge in [0.15, 0.2) is 0 Å². The Bertz CT molecular complexity index is 683. The van der Waals surface area contributed by atoms with E-state index in [4.69, 9.17) is 4.74 Å². The minimum absolute atomic E-state index is 0.161. The Balaban J connectivity index is 1.79. The fourth-order valence-electron chi connectivity index (χ4n) is 3.64. The monoisotopic (exact) mass is 281 g/mol. The molecule has 0 bridgehead atoms. The van der Waals surface area contributed by atoms with E-state index in [1.807, 2.05) is 12.1 Å². The molecule has 0 amide bonds. The summed E-state index contributed by atoms with van der Waals surface area (Å²) in [4.78, 5) is 0. The molecule has 21 heavy (non-hydrogen) atoms. The van der Waals surface area contributed by atoms with Crippen molar-refractivity contribution in [2.45, 2.75) is 25.5 Å². The van der Waals surface area contributed by atoms with E-state index in [1.165, 1.54) is 11.1 Å². The van der Waals surface area contributed by atoms with Gasteiger partial charge in [-0.05, 0) is 37.1 Å². The lowest BCUT2D eigenvalue weighted by Crippen LogP contribution is -2.29. The smallest absolute Gasteiger partial charge is 0.115 e. The van der Waals surface area contributed by atoms with Crippen LogP contribution in [0.5, 0.6) is 5.75 Å². The molecule has 2 aromatic rings. The summed E-state index contributed by atoms with van der Waals surface area (Å²) in [5, 5.41) is 13.4. The van der Waals surface area contributed by atoms with Crippen molar-refractivity contribution in [3.63, 3.8) is 0 Å². The van der Waals surface area contributed by atoms with Gasteiger partial charge < -0.3 is 15.2 Å². The van der Waals surface area contributed by atoms with Crippen LogP contribution in [0.3, 0.4) is 0 Å². The predicted molar refractivity (Wildman–Crippen MR) is 82.4 cm³/mol. The summed E-state index contributed by atoms with van der Waals surface area (Å²) in [5.41, 5.74) is 4.81. The number of rotatable bonds is 1. The standard InChI is InChI=1S/C18H19NO2/c1-11-5-6-16-15(9-11)18-14(7-8-21-18)17(19-16)12-3-2-4-13(20)10-12/h2-6,9-10,14,17-20H,7-8H2,1H3/t14-,17?,18-/m0/s1. The van der Waals surface area contributed by atoms with Crippen LogP contribution in [0.25, 0.3) is 0 Å². The number of anilines is 1. The fraction of sp³-hybridized carbons (Fsp3) is 0.333. The number of phenols is 1. The van der Waals surface area contributed by atoms with Crippen LogP contribution in [0, 0.1) is 12.8 Å². The van der Waals surface area contributed by atoms with E-state index < -0.39 is 0 Å². The summed E-state index contributed by atoms with van der Waals surface area (Å²) in [6.07, 6.45) is 1.21. The number of ether oxygens (including phenoxy) is 1. The first-order valence-corrected chi connectivity index (χ1v) is 7.50. The fourth-order valence-corrected chi connectivity index (χ4v) is 3.64. The molecule has 0 radical (unpaired) electrons. The second-order valence-electron chi connectivity index (χ2n) is 6.05. The highest BCUT2D eigenvalue weighted by molar-refractivity contribution is 5.58. The number of nitrogens with one attached hydrogen (secondary N) is 1. The highest BCUT2D eigenvalue weighted by atomic mass is 16.5. The molecule has 2 aliphatic rings. The minimum Gasteiger partial charge on any atom is -0.508 e. The highest BCUT2D eigenvalue weighted by Crippen LogP contribution is 2.50. The molecular weight excluding hydrogens is 262 g/mol. The summed E-state index contributed by atoms with van der Waals surface area (Å²) < 4.78 is 6.02. The first-order chi connectivity index (χ1) is 10.2. The highest BCUT2D eigenvalue weighted by Gasteiger charge is 2.41. The third kappa shape index (κ3) is 2.09. The van der Waals surface area contributed by atoms with E-state index in [-0.39, 0.29) is 12.1 Å². The largest absolute Gasteiger partial charge is 0.508 e. The molecule has 0 spiro atoms. The van der Waals surface area contributed by atoms with Crippen molar-refractivity contribution in [1.29, 1.82) is 0 Å². The van der Waals surface area contributed by atoms with Gasteiger partial charge in [-0.15, -0.1) is 0 Å². The quantitative estimate of drug-likeness (QED) is 0.831. The van der Waals surface area contributed by atoms with Crippen molar-refractivity contribution in [3.05, 3.63) is 59.2 Å². The zero-order chi connectivity index (χ0) is 14.4. The van der Waals surface area contributed by atoms with Crippen molar-refractivity contribution in [3.8, 4) is 5.75 Å². The van der Waals surface area contributed by atoms with E-state index >= 15 is 0 Å². The van der Waals surface area contributed by atoms with Crippen LogP contribution in [-0.4, -0.2) is 11.7 Å². The Morgan fingerprint density at radius 2 is 2.10 bits per heavy atom. The number of hydrogen-bond acceptors (Lipinski definition) is 3. The predicted octanol–water partition coefficient (Wildman–Crippen LogP) is 3.95. The van der Waals surface area contributed by atoms with Crippen molar-refractivity contribution in [1.82, 2.24) is 0 Å². The van der Waals surface area contributed by atoms with Crippen molar-refractivity contribution in [2.75, 3.05) is 11.9 Å². The van der Waals surface area contributed by atoms with Crippen molar-refractivity contribution in [2.24, 2.45) is 5.92 Å². The molecule has 3 nitrogen and oxygen atoms in total. The molecule has 2 aliphatic heterocycles. The molecule has 2 aromatic carbocycles. The van der Waals surface area contributed by atoms with Gasteiger partial charge in [-0.2, -0.15) is 0 Å². The first-order valence-electron chi connectivity index (χ1n) is 7.50. The molecule has 3 atom stereocenters. The van der Waals surface area contributed by atoms with E-state index in [0.29, 0.717) is 11.7 Å². The zero-order valence-corrected chi connectivity index (χ0v) is 12.0. The Labute approximate surface area is 124 Å². The Hall–Kier alpha value is -2.00. The lowest BCUT2D eigenvalue weighted by molar-refractivity contribution is 0.0828. The Morgan fingerprint density at radius 3 is 2.95 bits per heavy atom. The minimum atomic E-state index is 0.161. The molecule has 1 saturated heterocycles. The topological polar surface area (TPSA) is 41.5 Å². The van der Waals surface area contributed by atoms with Crippen LogP contribution in [-0.2, 0) is 4.74 Å². The Kier molecular flexibility index (Phi) is 2.89. The molecular formula is C18H19NO2. The molecule has 4 rings (SSSR count). The lowest BCUT2D eigenvalue weighted by atomic mass is 9.80. The maximum Gasteiger partial charge on any atom is 0.115 e. The van der Waals surface area contributed by atoms with E-state index in [9.17, 15) is 5.11 Å². The van der Waals surface area contributed by atoms with Crippen LogP contribution in [0.1, 0.15) is 35.3 Å². The van der Waals surface area contributed by atoms with Crippen LogP contribution in [0.2, 0.25) is 0 Å². The second-order valence-corrected chi connectivity index (χ2v) is 6.05. The zero-order valence-electron chi connectivity index (χ0n) is 12.0. The van der Waals surface area contributed by atoms with Gasteiger partial charge in [0.05, 0.1) is 12.1 Å². The molecule has 2 N–H and O–H groups in total. The first kappa shape index (κ1) is 12.7. The van der Waals surface area contributed by atoms with Gasteiger partial charge in [-0.25, -0.2) is 0 Å². The van der Waals surface area contributed by atoms with Crippen LogP contribution >= 0.6 is 0 Å². The lowest BCUT2D eigenvalue weighted by Gasteiger charge is -2.36. The molecule has 1 unspecified atom stereocenters. The summed E-state index contributed by atoms with van der Waals surface area (Å²) in [7, 11) is 0. The molecule has 3 heteroatoms. The van der Waals surface area contributed by atoms with Gasteiger partial charge in [-0.1, -0.05) is 29.8 Å². The van der Waals surface area contributed by atoms with Crippen molar-refractivity contribution < 1.29 is 9.84 Å². The van der Waals surface area contributed by atoms with Gasteiger partial charge in [0, 0.05) is 23.8 Å². The molecule has 108 valence electrons. The number of aryl methyl sites for hydroxylation is 1. The normalized spacial score (nSPS) is 26.8. The Morgan fingerprint density at radius 1 is 1.19 bits per heavy atom. The molecule has 0 aliphatic carbocycles. The molecule has 2 heterocycles. The van der Waals surface area contributed by atoms with E-state index in [0.717, 1.165) is 24.3 Å². The average molecular weight is 281 g/mol. The SMILES string of the molecule is Cc1ccc2c(c1)[C@H]1OCC[C@H]1C(c1cccc(O)c1)N2. The third-order valence-corrected chi connectivity index (χ3v) is 4.62. The number of phenolic OH excluding ortho intramolecular Hbond substituents is 1. The van der Waals surface area contributed by atoms with Gasteiger partial charge >= 0.3 is 0 Å². The number of aromatic hydroxyl groups is 1. The van der Waals surface area contributed by atoms with E-state index in [2.05, 4.69) is 36.5 Å². The second kappa shape index (κ2) is 4.78. The molecule has 0 aromatic heterocycles. The van der Waals surface area contributed by atoms with Crippen LogP contribution in [0.4, 0.5) is 5.69 Å². The summed E-state index contributed by atoms with van der Waals surface area (Å²) in [5.74, 6) is 0.737. The van der Waals surface area contributed by atoms with Gasteiger partial charge in [0.25, 0.3) is 0 Å². The van der Waals surface area contributed by atoms with Gasteiger partial charge in [0.2, 0.25) is 0 Å². The summed E-state index contributed by atoms with van der Waals surface area (Å²) in [6, 6.07) is 14.2. The number of hydrogen-bond donors (Lipinski definition) is 2. The van der Waals surface area contributed by atoms with E-state index in [1.54, 1.807) is 6.07 Å². The van der Waals surface area contributed by atoms with Gasteiger partial charge in [-0.3, -0.25) is 0 Å². The average Bonchev–Trinajstić information content (AvgIpc) is 2.96. The van der Waals surface area contributed by atoms with Crippen LogP contribution in [0.15, 0.2) is 42.5 Å². The van der Waals surface area contributed by atoms with Crippen LogP contribution < -0.4 is 5.32 Å². The van der Waals surface area contributed by atoms with Gasteiger partial charge in [0.1, 0.15) is 5.75 Å². The molecule has 1 fully saturated rings.